The van der Waals surface area contributed by atoms with Crippen LogP contribution in [0.5, 0.6) is 0 Å². The van der Waals surface area contributed by atoms with E-state index < -0.39 is 0 Å². The summed E-state index contributed by atoms with van der Waals surface area (Å²) in [5.74, 6) is -0.201. The van der Waals surface area contributed by atoms with Gasteiger partial charge < -0.3 is 5.73 Å². The Labute approximate surface area is 128 Å². The summed E-state index contributed by atoms with van der Waals surface area (Å²) in [6.45, 7) is 1.75. The number of halogens is 3. The molecule has 0 radical (unpaired) electrons. The molecule has 1 nitrogen and oxygen atoms in total. The first kappa shape index (κ1) is 14.0. The van der Waals surface area contributed by atoms with Crippen molar-refractivity contribution < 1.29 is 4.39 Å². The van der Waals surface area contributed by atoms with Crippen LogP contribution in [0.2, 0.25) is 0 Å². The van der Waals surface area contributed by atoms with Gasteiger partial charge >= 0.3 is 0 Å². The SMILES string of the molecule is Cc1cc(C(N)c2cc(I)ccc2Br)ccc1F. The Morgan fingerprint density at radius 2 is 1.94 bits per heavy atom. The third-order valence-electron chi connectivity index (χ3n) is 2.83. The fourth-order valence-electron chi connectivity index (χ4n) is 1.79. The first-order valence-electron chi connectivity index (χ1n) is 5.45. The van der Waals surface area contributed by atoms with Gasteiger partial charge in [0.05, 0.1) is 6.04 Å². The van der Waals surface area contributed by atoms with Gasteiger partial charge in [0.25, 0.3) is 0 Å². The van der Waals surface area contributed by atoms with Crippen LogP contribution in [0.15, 0.2) is 40.9 Å². The van der Waals surface area contributed by atoms with E-state index in [1.165, 1.54) is 6.07 Å². The zero-order valence-corrected chi connectivity index (χ0v) is 13.5. The number of hydrogen-bond acceptors (Lipinski definition) is 1. The van der Waals surface area contributed by atoms with Gasteiger partial charge in [-0.2, -0.15) is 0 Å². The van der Waals surface area contributed by atoms with E-state index in [0.29, 0.717) is 5.56 Å². The largest absolute Gasteiger partial charge is 0.320 e. The minimum absolute atomic E-state index is 0.201. The molecule has 0 heterocycles. The lowest BCUT2D eigenvalue weighted by molar-refractivity contribution is 0.617. The van der Waals surface area contributed by atoms with Crippen LogP contribution in [-0.2, 0) is 0 Å². The molecular formula is C14H12BrFIN. The Kier molecular flexibility index (Phi) is 4.40. The van der Waals surface area contributed by atoms with Gasteiger partial charge in [-0.1, -0.05) is 28.1 Å². The summed E-state index contributed by atoms with van der Waals surface area (Å²) in [5.41, 5.74) is 8.79. The summed E-state index contributed by atoms with van der Waals surface area (Å²) < 4.78 is 15.4. The topological polar surface area (TPSA) is 26.0 Å². The zero-order valence-electron chi connectivity index (χ0n) is 9.75. The van der Waals surface area contributed by atoms with Crippen molar-refractivity contribution in [3.05, 3.63) is 66.9 Å². The van der Waals surface area contributed by atoms with Crippen LogP contribution in [0.4, 0.5) is 4.39 Å². The van der Waals surface area contributed by atoms with Gasteiger partial charge in [0.15, 0.2) is 0 Å². The Bertz CT molecular complexity index is 586. The number of aryl methyl sites for hydroxylation is 1. The first-order chi connectivity index (χ1) is 8.49. The molecule has 0 saturated carbocycles. The number of nitrogens with two attached hydrogens (primary N) is 1. The van der Waals surface area contributed by atoms with Gasteiger partial charge in [0.2, 0.25) is 0 Å². The van der Waals surface area contributed by atoms with Crippen molar-refractivity contribution in [1.29, 1.82) is 0 Å². The maximum atomic E-state index is 13.3. The summed E-state index contributed by atoms with van der Waals surface area (Å²) in [6.07, 6.45) is 0. The fourth-order valence-corrected chi connectivity index (χ4v) is 2.80. The highest BCUT2D eigenvalue weighted by atomic mass is 127. The van der Waals surface area contributed by atoms with E-state index in [4.69, 9.17) is 5.73 Å². The van der Waals surface area contributed by atoms with Crippen LogP contribution in [0.1, 0.15) is 22.7 Å². The molecule has 0 saturated heterocycles. The van der Waals surface area contributed by atoms with Crippen LogP contribution >= 0.6 is 38.5 Å². The lowest BCUT2D eigenvalue weighted by Crippen LogP contribution is -2.13. The molecule has 2 aromatic rings. The van der Waals surface area contributed by atoms with Crippen molar-refractivity contribution in [2.45, 2.75) is 13.0 Å². The van der Waals surface area contributed by atoms with Gasteiger partial charge in [-0.15, -0.1) is 0 Å². The normalized spacial score (nSPS) is 12.5. The number of hydrogen-bond donors (Lipinski definition) is 1. The molecule has 2 rings (SSSR count). The monoisotopic (exact) mass is 419 g/mol. The Morgan fingerprint density at radius 3 is 2.61 bits per heavy atom. The predicted molar refractivity (Wildman–Crippen MR) is 84.0 cm³/mol. The van der Waals surface area contributed by atoms with Crippen molar-refractivity contribution in [1.82, 2.24) is 0 Å². The van der Waals surface area contributed by atoms with E-state index in [0.717, 1.165) is 19.2 Å². The van der Waals surface area contributed by atoms with E-state index in [2.05, 4.69) is 38.5 Å². The third-order valence-corrected chi connectivity index (χ3v) is 4.23. The highest BCUT2D eigenvalue weighted by Crippen LogP contribution is 2.29. The summed E-state index contributed by atoms with van der Waals surface area (Å²) >= 11 is 5.75. The highest BCUT2D eigenvalue weighted by Gasteiger charge is 2.13. The molecule has 1 unspecified atom stereocenters. The van der Waals surface area contributed by atoms with Gasteiger partial charge in [-0.25, -0.2) is 4.39 Å². The molecule has 0 aliphatic carbocycles. The molecule has 0 aromatic heterocycles. The third kappa shape index (κ3) is 2.92. The molecule has 0 spiro atoms. The number of benzene rings is 2. The molecule has 2 aromatic carbocycles. The minimum atomic E-state index is -0.256. The lowest BCUT2D eigenvalue weighted by Gasteiger charge is -2.15. The second-order valence-corrected chi connectivity index (χ2v) is 6.25. The van der Waals surface area contributed by atoms with E-state index in [1.54, 1.807) is 19.1 Å². The van der Waals surface area contributed by atoms with Crippen molar-refractivity contribution in [2.75, 3.05) is 0 Å². The Balaban J connectivity index is 2.44. The smallest absolute Gasteiger partial charge is 0.126 e. The molecular weight excluding hydrogens is 408 g/mol. The fraction of sp³-hybridized carbons (Fsp3) is 0.143. The molecule has 0 aliphatic rings. The zero-order chi connectivity index (χ0) is 13.3. The highest BCUT2D eigenvalue weighted by molar-refractivity contribution is 14.1. The summed E-state index contributed by atoms with van der Waals surface area (Å²) in [4.78, 5) is 0. The van der Waals surface area contributed by atoms with Crippen molar-refractivity contribution in [3.8, 4) is 0 Å². The van der Waals surface area contributed by atoms with Crippen LogP contribution in [0.25, 0.3) is 0 Å². The average Bonchev–Trinajstić information content (AvgIpc) is 2.35. The lowest BCUT2D eigenvalue weighted by atomic mass is 9.98. The van der Waals surface area contributed by atoms with E-state index >= 15 is 0 Å². The van der Waals surface area contributed by atoms with Crippen LogP contribution in [0, 0.1) is 16.3 Å². The Hall–Kier alpha value is -0.460. The van der Waals surface area contributed by atoms with E-state index in [1.807, 2.05) is 18.2 Å². The molecule has 2 N–H and O–H groups in total. The maximum absolute atomic E-state index is 13.3. The summed E-state index contributed by atoms with van der Waals surface area (Å²) in [7, 11) is 0. The molecule has 94 valence electrons. The molecule has 0 bridgehead atoms. The van der Waals surface area contributed by atoms with E-state index in [-0.39, 0.29) is 11.9 Å². The molecule has 0 fully saturated rings. The first-order valence-corrected chi connectivity index (χ1v) is 7.33. The van der Waals surface area contributed by atoms with Gasteiger partial charge in [0.1, 0.15) is 5.82 Å². The molecule has 18 heavy (non-hydrogen) atoms. The number of rotatable bonds is 2. The summed E-state index contributed by atoms with van der Waals surface area (Å²) in [6, 6.07) is 10.8. The van der Waals surface area contributed by atoms with Crippen molar-refractivity contribution >= 4 is 38.5 Å². The van der Waals surface area contributed by atoms with Crippen LogP contribution in [-0.4, -0.2) is 0 Å². The maximum Gasteiger partial charge on any atom is 0.126 e. The van der Waals surface area contributed by atoms with E-state index in [9.17, 15) is 4.39 Å². The van der Waals surface area contributed by atoms with Crippen LogP contribution in [0.3, 0.4) is 0 Å². The average molecular weight is 420 g/mol. The second kappa shape index (κ2) is 5.67. The minimum Gasteiger partial charge on any atom is -0.320 e. The van der Waals surface area contributed by atoms with Crippen molar-refractivity contribution in [3.63, 3.8) is 0 Å². The predicted octanol–water partition coefficient (Wildman–Crippen LogP) is 4.55. The van der Waals surface area contributed by atoms with Gasteiger partial charge in [-0.3, -0.25) is 0 Å². The molecule has 0 amide bonds. The van der Waals surface area contributed by atoms with Gasteiger partial charge in [-0.05, 0) is 70.5 Å². The summed E-state index contributed by atoms with van der Waals surface area (Å²) in [5, 5.41) is 0. The molecule has 0 aliphatic heterocycles. The Morgan fingerprint density at radius 1 is 1.22 bits per heavy atom. The molecule has 1 atom stereocenters. The standard InChI is InChI=1S/C14H12BrFIN/c1-8-6-9(2-5-13(8)16)14(18)11-7-10(17)3-4-12(11)15/h2-7,14H,18H2,1H3. The molecule has 4 heteroatoms. The quantitative estimate of drug-likeness (QED) is 0.710. The van der Waals surface area contributed by atoms with Crippen LogP contribution < -0.4 is 5.73 Å². The van der Waals surface area contributed by atoms with Crippen molar-refractivity contribution in [2.24, 2.45) is 5.73 Å². The second-order valence-electron chi connectivity index (χ2n) is 4.15. The van der Waals surface area contributed by atoms with Gasteiger partial charge in [0, 0.05) is 8.04 Å².